The molecule has 0 aliphatic rings. The van der Waals surface area contributed by atoms with Gasteiger partial charge >= 0.3 is 0 Å². The van der Waals surface area contributed by atoms with Crippen LogP contribution in [-0.2, 0) is 13.0 Å². The zero-order valence-electron chi connectivity index (χ0n) is 12.7. The number of hydrogen-bond donors (Lipinski definition) is 1. The lowest BCUT2D eigenvalue weighted by Gasteiger charge is -2.18. The molecule has 2 rings (SSSR count). The Balaban J connectivity index is 2.11. The Bertz CT molecular complexity index is 609. The van der Waals surface area contributed by atoms with Gasteiger partial charge in [0.25, 0.3) is 5.91 Å². The third-order valence-electron chi connectivity index (χ3n) is 3.30. The molecular weight excluding hydrogens is 282 g/mol. The number of nitrogens with zero attached hydrogens (tertiary/aromatic N) is 2. The predicted molar refractivity (Wildman–Crippen MR) is 86.7 cm³/mol. The van der Waals surface area contributed by atoms with E-state index in [4.69, 9.17) is 0 Å². The van der Waals surface area contributed by atoms with Crippen molar-refractivity contribution in [2.75, 3.05) is 20.6 Å². The van der Waals surface area contributed by atoms with Crippen molar-refractivity contribution in [2.24, 2.45) is 0 Å². The first-order chi connectivity index (χ1) is 10.1. The van der Waals surface area contributed by atoms with E-state index in [-0.39, 0.29) is 5.91 Å². The molecule has 0 saturated heterocycles. The number of rotatable bonds is 6. The molecule has 0 atom stereocenters. The van der Waals surface area contributed by atoms with Crippen LogP contribution in [-0.4, -0.2) is 36.4 Å². The third-order valence-corrected chi connectivity index (χ3v) is 4.20. The summed E-state index contributed by atoms with van der Waals surface area (Å²) < 4.78 is 0. The van der Waals surface area contributed by atoms with Crippen LogP contribution in [0.5, 0.6) is 0 Å². The summed E-state index contributed by atoms with van der Waals surface area (Å²) in [6.07, 6.45) is 2.70. The van der Waals surface area contributed by atoms with Crippen molar-refractivity contribution >= 4 is 17.2 Å². The van der Waals surface area contributed by atoms with Gasteiger partial charge in [-0.25, -0.2) is 4.98 Å². The maximum atomic E-state index is 12.6. The number of carbonyl (C=O) groups is 1. The van der Waals surface area contributed by atoms with Crippen molar-refractivity contribution in [1.29, 1.82) is 0 Å². The first kappa shape index (κ1) is 15.7. The summed E-state index contributed by atoms with van der Waals surface area (Å²) in [5.41, 5.74) is 1.88. The highest BCUT2D eigenvalue weighted by molar-refractivity contribution is 7.11. The summed E-state index contributed by atoms with van der Waals surface area (Å²) in [5.74, 6) is 0.0627. The molecule has 21 heavy (non-hydrogen) atoms. The predicted octanol–water partition coefficient (Wildman–Crippen LogP) is 2.49. The highest BCUT2D eigenvalue weighted by Crippen LogP contribution is 2.17. The highest BCUT2D eigenvalue weighted by atomic mass is 32.1. The Hall–Kier alpha value is -1.72. The summed E-state index contributed by atoms with van der Waals surface area (Å²) in [6, 6.07) is 7.83. The van der Waals surface area contributed by atoms with E-state index in [0.29, 0.717) is 6.54 Å². The lowest BCUT2D eigenvalue weighted by molar-refractivity contribution is 0.0785. The fourth-order valence-corrected chi connectivity index (χ4v) is 3.04. The van der Waals surface area contributed by atoms with E-state index in [0.717, 1.165) is 34.0 Å². The van der Waals surface area contributed by atoms with E-state index < -0.39 is 0 Å². The maximum absolute atomic E-state index is 12.6. The molecule has 0 radical (unpaired) electrons. The highest BCUT2D eigenvalue weighted by Gasteiger charge is 2.16. The second kappa shape index (κ2) is 7.33. The molecule has 1 amide bonds. The molecule has 0 aliphatic carbocycles. The molecule has 1 N–H and O–H groups in total. The molecule has 1 aromatic carbocycles. The summed E-state index contributed by atoms with van der Waals surface area (Å²) in [5, 5.41) is 4.15. The minimum atomic E-state index is 0.0627. The second-order valence-electron chi connectivity index (χ2n) is 5.02. The lowest BCUT2D eigenvalue weighted by atomic mass is 10.0. The smallest absolute Gasteiger partial charge is 0.254 e. The van der Waals surface area contributed by atoms with E-state index in [1.165, 1.54) is 0 Å². The standard InChI is InChI=1S/C16H21N3OS/c1-12-18-10-14(21-12)11-19(3)16(20)15-7-5-4-6-13(15)8-9-17-2/h4-7,10,17H,8-9,11H2,1-3H3. The Labute approximate surface area is 129 Å². The van der Waals surface area contributed by atoms with Crippen LogP contribution in [0.4, 0.5) is 0 Å². The maximum Gasteiger partial charge on any atom is 0.254 e. The van der Waals surface area contributed by atoms with Gasteiger partial charge < -0.3 is 10.2 Å². The number of aromatic nitrogens is 1. The molecule has 0 saturated carbocycles. The number of thiazole rings is 1. The normalized spacial score (nSPS) is 10.6. The molecule has 0 spiro atoms. The Morgan fingerprint density at radius 2 is 2.14 bits per heavy atom. The van der Waals surface area contributed by atoms with Gasteiger partial charge in [0.05, 0.1) is 11.6 Å². The Kier molecular flexibility index (Phi) is 5.47. The average molecular weight is 303 g/mol. The minimum absolute atomic E-state index is 0.0627. The number of nitrogens with one attached hydrogen (secondary N) is 1. The monoisotopic (exact) mass is 303 g/mol. The van der Waals surface area contributed by atoms with Crippen molar-refractivity contribution in [3.63, 3.8) is 0 Å². The van der Waals surface area contributed by atoms with Crippen LogP contribution in [0.15, 0.2) is 30.5 Å². The second-order valence-corrected chi connectivity index (χ2v) is 6.34. The largest absolute Gasteiger partial charge is 0.336 e. The van der Waals surface area contributed by atoms with Gasteiger partial charge in [-0.3, -0.25) is 4.79 Å². The van der Waals surface area contributed by atoms with Crippen molar-refractivity contribution in [1.82, 2.24) is 15.2 Å². The number of aryl methyl sites for hydroxylation is 1. The van der Waals surface area contributed by atoms with E-state index in [2.05, 4.69) is 10.3 Å². The topological polar surface area (TPSA) is 45.2 Å². The van der Waals surface area contributed by atoms with Gasteiger partial charge in [0.15, 0.2) is 0 Å². The summed E-state index contributed by atoms with van der Waals surface area (Å²) in [6.45, 7) is 3.44. The fraction of sp³-hybridized carbons (Fsp3) is 0.375. The van der Waals surface area contributed by atoms with Gasteiger partial charge in [-0.2, -0.15) is 0 Å². The third kappa shape index (κ3) is 4.12. The molecule has 0 aliphatic heterocycles. The first-order valence-corrected chi connectivity index (χ1v) is 7.82. The molecule has 112 valence electrons. The van der Waals surface area contributed by atoms with Crippen LogP contribution in [0.25, 0.3) is 0 Å². The quantitative estimate of drug-likeness (QED) is 0.892. The number of benzene rings is 1. The van der Waals surface area contributed by atoms with Crippen LogP contribution in [0.3, 0.4) is 0 Å². The zero-order valence-corrected chi connectivity index (χ0v) is 13.5. The zero-order chi connectivity index (χ0) is 15.2. The fourth-order valence-electron chi connectivity index (χ4n) is 2.20. The van der Waals surface area contributed by atoms with E-state index in [9.17, 15) is 4.79 Å². The van der Waals surface area contributed by atoms with Gasteiger partial charge in [-0.05, 0) is 38.6 Å². The molecule has 5 heteroatoms. The van der Waals surface area contributed by atoms with Crippen molar-refractivity contribution in [2.45, 2.75) is 19.9 Å². The lowest BCUT2D eigenvalue weighted by Crippen LogP contribution is -2.27. The summed E-state index contributed by atoms with van der Waals surface area (Å²) in [7, 11) is 3.76. The summed E-state index contributed by atoms with van der Waals surface area (Å²) >= 11 is 1.63. The van der Waals surface area contributed by atoms with Gasteiger partial charge in [0.2, 0.25) is 0 Å². The van der Waals surface area contributed by atoms with Crippen LogP contribution >= 0.6 is 11.3 Å². The molecule has 1 heterocycles. The molecule has 0 fully saturated rings. The van der Waals surface area contributed by atoms with Crippen LogP contribution < -0.4 is 5.32 Å². The Morgan fingerprint density at radius 3 is 2.81 bits per heavy atom. The SMILES string of the molecule is CNCCc1ccccc1C(=O)N(C)Cc1cnc(C)s1. The van der Waals surface area contributed by atoms with E-state index in [1.54, 1.807) is 16.2 Å². The van der Waals surface area contributed by atoms with Crippen molar-refractivity contribution < 1.29 is 4.79 Å². The van der Waals surface area contributed by atoms with Crippen LogP contribution in [0, 0.1) is 6.92 Å². The van der Waals surface area contributed by atoms with Gasteiger partial charge in [0.1, 0.15) is 0 Å². The van der Waals surface area contributed by atoms with Gasteiger partial charge in [-0.1, -0.05) is 18.2 Å². The van der Waals surface area contributed by atoms with Crippen LogP contribution in [0.2, 0.25) is 0 Å². The molecular formula is C16H21N3OS. The average Bonchev–Trinajstić information content (AvgIpc) is 2.89. The minimum Gasteiger partial charge on any atom is -0.336 e. The van der Waals surface area contributed by atoms with Crippen LogP contribution in [0.1, 0.15) is 25.8 Å². The van der Waals surface area contributed by atoms with Gasteiger partial charge in [0, 0.05) is 23.7 Å². The molecule has 0 bridgehead atoms. The van der Waals surface area contributed by atoms with Crippen molar-refractivity contribution in [3.05, 3.63) is 51.5 Å². The number of hydrogen-bond acceptors (Lipinski definition) is 4. The van der Waals surface area contributed by atoms with Gasteiger partial charge in [-0.15, -0.1) is 11.3 Å². The van der Waals surface area contributed by atoms with E-state index >= 15 is 0 Å². The first-order valence-electron chi connectivity index (χ1n) is 7.01. The van der Waals surface area contributed by atoms with Crippen molar-refractivity contribution in [3.8, 4) is 0 Å². The number of amides is 1. The molecule has 0 unspecified atom stereocenters. The molecule has 1 aromatic heterocycles. The van der Waals surface area contributed by atoms with E-state index in [1.807, 2.05) is 51.5 Å². The Morgan fingerprint density at radius 1 is 1.38 bits per heavy atom. The molecule has 4 nitrogen and oxygen atoms in total. The molecule has 2 aromatic rings. The number of likely N-dealkylation sites (N-methyl/N-ethyl adjacent to an activating group) is 1. The summed E-state index contributed by atoms with van der Waals surface area (Å²) in [4.78, 5) is 19.7. The number of carbonyl (C=O) groups excluding carboxylic acids is 1.